The fourth-order valence-electron chi connectivity index (χ4n) is 1.35. The molecule has 0 bridgehead atoms. The van der Waals surface area contributed by atoms with Crippen LogP contribution in [0.15, 0.2) is 24.3 Å². The van der Waals surface area contributed by atoms with Gasteiger partial charge in [0.1, 0.15) is 6.10 Å². The molecule has 100 valence electrons. The number of rotatable bonds is 4. The monoisotopic (exact) mass is 250 g/mol. The number of carbonyl (C=O) groups excluding carboxylic acids is 1. The van der Waals surface area contributed by atoms with Gasteiger partial charge in [0, 0.05) is 0 Å². The average molecular weight is 250 g/mol. The molecule has 18 heavy (non-hydrogen) atoms. The van der Waals surface area contributed by atoms with Crippen LogP contribution < -0.4 is 0 Å². The lowest BCUT2D eigenvalue weighted by molar-refractivity contribution is -0.270. The van der Waals surface area contributed by atoms with Crippen molar-refractivity contribution in [2.24, 2.45) is 0 Å². The second kappa shape index (κ2) is 6.01. The molecule has 1 aromatic carbocycles. The van der Waals surface area contributed by atoms with Gasteiger partial charge in [-0.3, -0.25) is 4.89 Å². The molecule has 0 aromatic heterocycles. The Bertz CT molecular complexity index is 387. The van der Waals surface area contributed by atoms with Gasteiger partial charge in [-0.05, 0) is 36.5 Å². The Morgan fingerprint density at radius 2 is 1.78 bits per heavy atom. The SMILES string of the molecule is CCC(C)OOC(=O)c1ccc(C(C)(C)C)cc1. The van der Waals surface area contributed by atoms with Crippen molar-refractivity contribution in [2.75, 3.05) is 0 Å². The minimum Gasteiger partial charge on any atom is -0.293 e. The molecular formula is C15H22O3. The third-order valence-electron chi connectivity index (χ3n) is 2.85. The maximum absolute atomic E-state index is 11.7. The summed E-state index contributed by atoms with van der Waals surface area (Å²) >= 11 is 0. The molecule has 0 aliphatic rings. The van der Waals surface area contributed by atoms with E-state index in [1.165, 1.54) is 5.56 Å². The van der Waals surface area contributed by atoms with Gasteiger partial charge >= 0.3 is 5.97 Å². The molecular weight excluding hydrogens is 228 g/mol. The largest absolute Gasteiger partial charge is 0.373 e. The Balaban J connectivity index is 2.65. The quantitative estimate of drug-likeness (QED) is 0.601. The minimum absolute atomic E-state index is 0.0790. The molecule has 1 atom stereocenters. The molecule has 1 aromatic rings. The minimum atomic E-state index is -0.448. The van der Waals surface area contributed by atoms with Crippen molar-refractivity contribution < 1.29 is 14.6 Å². The number of carbonyl (C=O) groups is 1. The standard InChI is InChI=1S/C15H22O3/c1-6-11(2)17-18-14(16)12-7-9-13(10-8-12)15(3,4)5/h7-11H,6H2,1-5H3. The predicted molar refractivity (Wildman–Crippen MR) is 71.4 cm³/mol. The van der Waals surface area contributed by atoms with Crippen LogP contribution in [0.5, 0.6) is 0 Å². The van der Waals surface area contributed by atoms with Gasteiger partial charge in [0.2, 0.25) is 0 Å². The predicted octanol–water partition coefficient (Wildman–Crippen LogP) is 3.87. The highest BCUT2D eigenvalue weighted by atomic mass is 17.2. The van der Waals surface area contributed by atoms with Crippen molar-refractivity contribution in [1.82, 2.24) is 0 Å². The molecule has 3 nitrogen and oxygen atoms in total. The van der Waals surface area contributed by atoms with Crippen LogP contribution in [0.1, 0.15) is 57.0 Å². The highest BCUT2D eigenvalue weighted by Crippen LogP contribution is 2.22. The van der Waals surface area contributed by atoms with E-state index in [9.17, 15) is 4.79 Å². The van der Waals surface area contributed by atoms with Gasteiger partial charge in [-0.25, -0.2) is 4.79 Å². The maximum atomic E-state index is 11.7. The van der Waals surface area contributed by atoms with Crippen LogP contribution in [-0.2, 0) is 15.2 Å². The Kier molecular flexibility index (Phi) is 4.91. The van der Waals surface area contributed by atoms with Crippen LogP contribution in [0.3, 0.4) is 0 Å². The molecule has 1 rings (SSSR count). The Morgan fingerprint density at radius 3 is 2.22 bits per heavy atom. The molecule has 0 N–H and O–H groups in total. The van der Waals surface area contributed by atoms with Crippen molar-refractivity contribution in [3.8, 4) is 0 Å². The zero-order valence-corrected chi connectivity index (χ0v) is 11.8. The number of hydrogen-bond acceptors (Lipinski definition) is 3. The highest BCUT2D eigenvalue weighted by Gasteiger charge is 2.15. The van der Waals surface area contributed by atoms with E-state index in [4.69, 9.17) is 9.78 Å². The van der Waals surface area contributed by atoms with Crippen LogP contribution in [0, 0.1) is 0 Å². The third-order valence-corrected chi connectivity index (χ3v) is 2.85. The zero-order valence-electron chi connectivity index (χ0n) is 11.8. The summed E-state index contributed by atoms with van der Waals surface area (Å²) in [6, 6.07) is 7.42. The molecule has 1 unspecified atom stereocenters. The lowest BCUT2D eigenvalue weighted by atomic mass is 9.87. The summed E-state index contributed by atoms with van der Waals surface area (Å²) in [6.45, 7) is 10.2. The lowest BCUT2D eigenvalue weighted by Gasteiger charge is -2.18. The highest BCUT2D eigenvalue weighted by molar-refractivity contribution is 5.88. The van der Waals surface area contributed by atoms with E-state index in [1.54, 1.807) is 12.1 Å². The van der Waals surface area contributed by atoms with Gasteiger partial charge in [0.25, 0.3) is 0 Å². The second-order valence-electron chi connectivity index (χ2n) is 5.51. The van der Waals surface area contributed by atoms with Crippen LogP contribution in [0.4, 0.5) is 0 Å². The van der Waals surface area contributed by atoms with Crippen LogP contribution >= 0.6 is 0 Å². The molecule has 0 saturated heterocycles. The van der Waals surface area contributed by atoms with Crippen molar-refractivity contribution >= 4 is 5.97 Å². The summed E-state index contributed by atoms with van der Waals surface area (Å²) in [7, 11) is 0. The van der Waals surface area contributed by atoms with Crippen LogP contribution in [-0.4, -0.2) is 12.1 Å². The molecule has 0 heterocycles. The van der Waals surface area contributed by atoms with Gasteiger partial charge in [-0.1, -0.05) is 39.8 Å². The second-order valence-corrected chi connectivity index (χ2v) is 5.51. The zero-order chi connectivity index (χ0) is 13.8. The van der Waals surface area contributed by atoms with Gasteiger partial charge in [0.05, 0.1) is 5.56 Å². The molecule has 0 fully saturated rings. The molecule has 3 heteroatoms. The Labute approximate surface area is 109 Å². The molecule has 0 saturated carbocycles. The van der Waals surface area contributed by atoms with E-state index < -0.39 is 5.97 Å². The Morgan fingerprint density at radius 1 is 1.22 bits per heavy atom. The third kappa shape index (κ3) is 4.15. The van der Waals surface area contributed by atoms with Crippen molar-refractivity contribution in [1.29, 1.82) is 0 Å². The van der Waals surface area contributed by atoms with Crippen molar-refractivity contribution in [3.05, 3.63) is 35.4 Å². The summed E-state index contributed by atoms with van der Waals surface area (Å²) in [5, 5.41) is 0. The first-order chi connectivity index (χ1) is 8.34. The topological polar surface area (TPSA) is 35.5 Å². The van der Waals surface area contributed by atoms with Crippen LogP contribution in [0.25, 0.3) is 0 Å². The number of benzene rings is 1. The van der Waals surface area contributed by atoms with E-state index in [-0.39, 0.29) is 11.5 Å². The van der Waals surface area contributed by atoms with Gasteiger partial charge in [0.15, 0.2) is 0 Å². The fourth-order valence-corrected chi connectivity index (χ4v) is 1.35. The van der Waals surface area contributed by atoms with Gasteiger partial charge in [-0.15, -0.1) is 0 Å². The van der Waals surface area contributed by atoms with E-state index in [2.05, 4.69) is 20.8 Å². The van der Waals surface area contributed by atoms with Crippen molar-refractivity contribution in [2.45, 2.75) is 52.6 Å². The van der Waals surface area contributed by atoms with E-state index in [0.29, 0.717) is 5.56 Å². The summed E-state index contributed by atoms with van der Waals surface area (Å²) in [5.41, 5.74) is 1.77. The smallest absolute Gasteiger partial charge is 0.293 e. The maximum Gasteiger partial charge on any atom is 0.373 e. The average Bonchev–Trinajstić information content (AvgIpc) is 2.34. The first-order valence-corrected chi connectivity index (χ1v) is 6.32. The normalized spacial score (nSPS) is 13.2. The van der Waals surface area contributed by atoms with E-state index >= 15 is 0 Å². The first kappa shape index (κ1) is 14.7. The van der Waals surface area contributed by atoms with E-state index in [0.717, 1.165) is 6.42 Å². The lowest BCUT2D eigenvalue weighted by Crippen LogP contribution is -2.14. The van der Waals surface area contributed by atoms with E-state index in [1.807, 2.05) is 26.0 Å². The van der Waals surface area contributed by atoms with Gasteiger partial charge in [-0.2, -0.15) is 4.89 Å². The molecule has 0 amide bonds. The molecule has 0 spiro atoms. The summed E-state index contributed by atoms with van der Waals surface area (Å²) in [4.78, 5) is 21.4. The molecule has 0 aliphatic heterocycles. The van der Waals surface area contributed by atoms with Crippen LogP contribution in [0.2, 0.25) is 0 Å². The molecule has 0 aliphatic carbocycles. The summed E-state index contributed by atoms with van der Waals surface area (Å²) < 4.78 is 0. The fraction of sp³-hybridized carbons (Fsp3) is 0.533. The Hall–Kier alpha value is -1.35. The summed E-state index contributed by atoms with van der Waals surface area (Å²) in [6.07, 6.45) is 0.721. The summed E-state index contributed by atoms with van der Waals surface area (Å²) in [5.74, 6) is -0.448. The van der Waals surface area contributed by atoms with Crippen molar-refractivity contribution in [3.63, 3.8) is 0 Å². The first-order valence-electron chi connectivity index (χ1n) is 6.32. The number of hydrogen-bond donors (Lipinski definition) is 0. The molecule has 0 radical (unpaired) electrons. The van der Waals surface area contributed by atoms with Gasteiger partial charge < -0.3 is 0 Å².